The van der Waals surface area contributed by atoms with Gasteiger partial charge in [-0.25, -0.2) is 4.39 Å². The van der Waals surface area contributed by atoms with Crippen LogP contribution in [0.15, 0.2) is 0 Å². The number of nitrogens with zero attached hydrogens (tertiary/aromatic N) is 1. The van der Waals surface area contributed by atoms with Gasteiger partial charge in [-0.3, -0.25) is 9.69 Å². The molecule has 0 unspecified atom stereocenters. The number of ether oxygens (including phenoxy) is 1. The molecule has 1 aliphatic heterocycles. The van der Waals surface area contributed by atoms with Crippen LogP contribution in [-0.4, -0.2) is 43.3 Å². The fourth-order valence-electron chi connectivity index (χ4n) is 1.45. The summed E-state index contributed by atoms with van der Waals surface area (Å²) in [5.74, 6) is -0.209. The minimum atomic E-state index is -0.682. The van der Waals surface area contributed by atoms with Crippen molar-refractivity contribution in [2.45, 2.75) is 25.9 Å². The van der Waals surface area contributed by atoms with Crippen molar-refractivity contribution < 1.29 is 13.9 Å². The average molecular weight is 189 g/mol. The molecule has 1 rings (SSSR count). The van der Waals surface area contributed by atoms with E-state index in [0.717, 1.165) is 0 Å². The number of alkyl halides is 1. The van der Waals surface area contributed by atoms with Gasteiger partial charge in [0.25, 0.3) is 0 Å². The molecule has 0 bridgehead atoms. The van der Waals surface area contributed by atoms with E-state index in [1.807, 2.05) is 4.90 Å². The Morgan fingerprint density at radius 1 is 1.54 bits per heavy atom. The molecule has 1 saturated heterocycles. The molecule has 0 aliphatic carbocycles. The molecule has 76 valence electrons. The summed E-state index contributed by atoms with van der Waals surface area (Å²) >= 11 is 0. The lowest BCUT2D eigenvalue weighted by Gasteiger charge is -2.27. The first-order valence-corrected chi connectivity index (χ1v) is 4.74. The van der Waals surface area contributed by atoms with Crippen LogP contribution in [0.1, 0.15) is 19.8 Å². The lowest BCUT2D eigenvalue weighted by Crippen LogP contribution is -2.38. The third-order valence-electron chi connectivity index (χ3n) is 2.18. The zero-order valence-electron chi connectivity index (χ0n) is 7.96. The summed E-state index contributed by atoms with van der Waals surface area (Å²) < 4.78 is 17.5. The first-order chi connectivity index (χ1) is 6.22. The van der Waals surface area contributed by atoms with Gasteiger partial charge in [0.2, 0.25) is 0 Å². The largest absolute Gasteiger partial charge is 0.465 e. The van der Waals surface area contributed by atoms with Crippen LogP contribution >= 0.6 is 0 Å². The van der Waals surface area contributed by atoms with Crippen LogP contribution in [0.4, 0.5) is 4.39 Å². The molecule has 0 N–H and O–H groups in total. The van der Waals surface area contributed by atoms with E-state index in [2.05, 4.69) is 0 Å². The second-order valence-corrected chi connectivity index (χ2v) is 3.26. The molecular formula is C9H16FNO2. The Morgan fingerprint density at radius 3 is 2.69 bits per heavy atom. The summed E-state index contributed by atoms with van der Waals surface area (Å²) in [4.78, 5) is 13.0. The van der Waals surface area contributed by atoms with Crippen molar-refractivity contribution in [3.8, 4) is 0 Å². The highest BCUT2D eigenvalue weighted by molar-refractivity contribution is 5.71. The maximum Gasteiger partial charge on any atom is 0.320 e. The van der Waals surface area contributed by atoms with Crippen LogP contribution in [0.25, 0.3) is 0 Å². The van der Waals surface area contributed by atoms with Crippen LogP contribution < -0.4 is 0 Å². The zero-order chi connectivity index (χ0) is 9.68. The van der Waals surface area contributed by atoms with Crippen molar-refractivity contribution in [3.05, 3.63) is 0 Å². The first kappa shape index (κ1) is 10.4. The summed E-state index contributed by atoms with van der Waals surface area (Å²) in [7, 11) is 0. The normalized spacial score (nSPS) is 20.2. The van der Waals surface area contributed by atoms with Gasteiger partial charge in [-0.2, -0.15) is 0 Å². The molecule has 0 aromatic rings. The van der Waals surface area contributed by atoms with Crippen LogP contribution in [-0.2, 0) is 9.53 Å². The summed E-state index contributed by atoms with van der Waals surface area (Å²) in [6.07, 6.45) is 0.400. The quantitative estimate of drug-likeness (QED) is 0.620. The molecule has 0 saturated carbocycles. The van der Waals surface area contributed by atoms with E-state index in [-0.39, 0.29) is 5.97 Å². The Bertz CT molecular complexity index is 167. The van der Waals surface area contributed by atoms with E-state index in [9.17, 15) is 9.18 Å². The standard InChI is InChI=1S/C9H16FNO2/c1-2-13-9(12)7-11-5-3-8(10)4-6-11/h8H,2-7H2,1H3. The number of carbonyl (C=O) groups excluding carboxylic acids is 1. The Morgan fingerprint density at radius 2 is 2.15 bits per heavy atom. The number of rotatable bonds is 3. The zero-order valence-corrected chi connectivity index (χ0v) is 7.96. The smallest absolute Gasteiger partial charge is 0.320 e. The molecule has 3 nitrogen and oxygen atoms in total. The van der Waals surface area contributed by atoms with Gasteiger partial charge in [0.05, 0.1) is 13.2 Å². The summed E-state index contributed by atoms with van der Waals surface area (Å²) in [5.41, 5.74) is 0. The average Bonchev–Trinajstić information content (AvgIpc) is 2.09. The third-order valence-corrected chi connectivity index (χ3v) is 2.18. The molecule has 0 amide bonds. The third kappa shape index (κ3) is 3.72. The van der Waals surface area contributed by atoms with E-state index >= 15 is 0 Å². The van der Waals surface area contributed by atoms with Gasteiger partial charge in [-0.1, -0.05) is 0 Å². The fourth-order valence-corrected chi connectivity index (χ4v) is 1.45. The molecule has 0 atom stereocenters. The highest BCUT2D eigenvalue weighted by atomic mass is 19.1. The molecule has 0 radical (unpaired) electrons. The van der Waals surface area contributed by atoms with E-state index in [1.54, 1.807) is 6.92 Å². The summed E-state index contributed by atoms with van der Waals surface area (Å²) in [6, 6.07) is 0. The van der Waals surface area contributed by atoms with Crippen molar-refractivity contribution in [3.63, 3.8) is 0 Å². The molecule has 1 aliphatic rings. The molecule has 0 spiro atoms. The molecule has 4 heteroatoms. The maximum atomic E-state index is 12.7. The predicted octanol–water partition coefficient (Wildman–Crippen LogP) is 0.983. The van der Waals surface area contributed by atoms with Crippen LogP contribution in [0.5, 0.6) is 0 Å². The lowest BCUT2D eigenvalue weighted by molar-refractivity contribution is -0.144. The number of hydrogen-bond acceptors (Lipinski definition) is 3. The molecule has 0 aromatic carbocycles. The van der Waals surface area contributed by atoms with Gasteiger partial charge in [-0.05, 0) is 19.8 Å². The van der Waals surface area contributed by atoms with Gasteiger partial charge in [0.15, 0.2) is 0 Å². The molecular weight excluding hydrogens is 173 g/mol. The van der Waals surface area contributed by atoms with Crippen molar-refractivity contribution in [1.82, 2.24) is 4.90 Å². The van der Waals surface area contributed by atoms with E-state index in [4.69, 9.17) is 4.74 Å². The summed E-state index contributed by atoms with van der Waals surface area (Å²) in [6.45, 7) is 3.84. The maximum absolute atomic E-state index is 12.7. The van der Waals surface area contributed by atoms with Gasteiger partial charge >= 0.3 is 5.97 Å². The fraction of sp³-hybridized carbons (Fsp3) is 0.889. The highest BCUT2D eigenvalue weighted by Crippen LogP contribution is 2.12. The highest BCUT2D eigenvalue weighted by Gasteiger charge is 2.20. The van der Waals surface area contributed by atoms with Gasteiger partial charge in [0.1, 0.15) is 6.17 Å². The van der Waals surface area contributed by atoms with Crippen LogP contribution in [0.2, 0.25) is 0 Å². The molecule has 13 heavy (non-hydrogen) atoms. The van der Waals surface area contributed by atoms with Gasteiger partial charge in [-0.15, -0.1) is 0 Å². The number of esters is 1. The minimum Gasteiger partial charge on any atom is -0.465 e. The number of likely N-dealkylation sites (tertiary alicyclic amines) is 1. The molecule has 1 heterocycles. The first-order valence-electron chi connectivity index (χ1n) is 4.74. The van der Waals surface area contributed by atoms with Crippen LogP contribution in [0, 0.1) is 0 Å². The van der Waals surface area contributed by atoms with E-state index in [1.165, 1.54) is 0 Å². The van der Waals surface area contributed by atoms with E-state index < -0.39 is 6.17 Å². The lowest BCUT2D eigenvalue weighted by atomic mass is 10.1. The second-order valence-electron chi connectivity index (χ2n) is 3.26. The number of carbonyl (C=O) groups is 1. The molecule has 0 aromatic heterocycles. The van der Waals surface area contributed by atoms with Crippen LogP contribution in [0.3, 0.4) is 0 Å². The van der Waals surface area contributed by atoms with E-state index in [0.29, 0.717) is 39.1 Å². The van der Waals surface area contributed by atoms with Crippen molar-refractivity contribution in [1.29, 1.82) is 0 Å². The number of halogens is 1. The Labute approximate surface area is 77.9 Å². The molecule has 1 fully saturated rings. The SMILES string of the molecule is CCOC(=O)CN1CCC(F)CC1. The van der Waals surface area contributed by atoms with Gasteiger partial charge in [0, 0.05) is 13.1 Å². The Hall–Kier alpha value is -0.640. The number of piperidine rings is 1. The Balaban J connectivity index is 2.18. The predicted molar refractivity (Wildman–Crippen MR) is 47.2 cm³/mol. The monoisotopic (exact) mass is 189 g/mol. The topological polar surface area (TPSA) is 29.5 Å². The minimum absolute atomic E-state index is 0.209. The van der Waals surface area contributed by atoms with Crippen molar-refractivity contribution in [2.75, 3.05) is 26.2 Å². The Kier molecular flexibility index (Phi) is 4.15. The second kappa shape index (κ2) is 5.17. The summed E-state index contributed by atoms with van der Waals surface area (Å²) in [5, 5.41) is 0. The van der Waals surface area contributed by atoms with Gasteiger partial charge < -0.3 is 4.74 Å². The van der Waals surface area contributed by atoms with Crippen molar-refractivity contribution in [2.24, 2.45) is 0 Å². The number of hydrogen-bond donors (Lipinski definition) is 0. The van der Waals surface area contributed by atoms with Crippen molar-refractivity contribution >= 4 is 5.97 Å².